The highest BCUT2D eigenvalue weighted by molar-refractivity contribution is 5.58. The molecule has 104 valence electrons. The van der Waals surface area contributed by atoms with E-state index in [9.17, 15) is 14.6 Å². The number of phenols is 1. The van der Waals surface area contributed by atoms with Gasteiger partial charge in [-0.3, -0.25) is 0 Å². The average Bonchev–Trinajstić information content (AvgIpc) is 2.43. The molecule has 0 bridgehead atoms. The largest absolute Gasteiger partial charge is 0.505 e. The van der Waals surface area contributed by atoms with Crippen LogP contribution in [0.3, 0.4) is 0 Å². The summed E-state index contributed by atoms with van der Waals surface area (Å²) in [5, 5.41) is 19.7. The number of phenolic OH excluding ortho intramolecular Hbond substituents is 1. The van der Waals surface area contributed by atoms with Crippen LogP contribution in [0.15, 0.2) is 42.5 Å². The predicted octanol–water partition coefficient (Wildman–Crippen LogP) is 2.63. The summed E-state index contributed by atoms with van der Waals surface area (Å²) in [6.07, 6.45) is -0.0768. The minimum absolute atomic E-state index is 0.319. The van der Waals surface area contributed by atoms with E-state index in [1.165, 1.54) is 12.1 Å². The molecule has 1 aliphatic rings. The van der Waals surface area contributed by atoms with E-state index >= 15 is 0 Å². The van der Waals surface area contributed by atoms with Crippen LogP contribution in [0.25, 0.3) is 0 Å². The van der Waals surface area contributed by atoms with Gasteiger partial charge in [0.1, 0.15) is 0 Å². The molecular weight excluding hydrogens is 257 g/mol. The summed E-state index contributed by atoms with van der Waals surface area (Å²) in [6, 6.07) is 11.8. The maximum Gasteiger partial charge on any atom is 0.165 e. The summed E-state index contributed by atoms with van der Waals surface area (Å²) < 4.78 is 13.5. The second-order valence-electron chi connectivity index (χ2n) is 5.17. The Balaban J connectivity index is 2.03. The molecule has 0 radical (unpaired) electrons. The first-order valence-electron chi connectivity index (χ1n) is 6.55. The molecule has 4 heteroatoms. The third kappa shape index (κ3) is 2.02. The molecule has 20 heavy (non-hydrogen) atoms. The van der Waals surface area contributed by atoms with E-state index in [1.807, 2.05) is 36.2 Å². The predicted molar refractivity (Wildman–Crippen MR) is 75.4 cm³/mol. The Hall–Kier alpha value is -2.07. The van der Waals surface area contributed by atoms with Crippen molar-refractivity contribution >= 4 is 5.69 Å². The average molecular weight is 273 g/mol. The Morgan fingerprint density at radius 1 is 1.20 bits per heavy atom. The summed E-state index contributed by atoms with van der Waals surface area (Å²) in [6.45, 7) is 0. The Labute approximate surface area is 116 Å². The molecule has 0 aliphatic carbocycles. The summed E-state index contributed by atoms with van der Waals surface area (Å²) in [5.74, 6) is -1.04. The quantitative estimate of drug-likeness (QED) is 0.839. The van der Waals surface area contributed by atoms with Gasteiger partial charge in [-0.15, -0.1) is 0 Å². The maximum absolute atomic E-state index is 13.5. The zero-order valence-corrected chi connectivity index (χ0v) is 11.1. The number of halogens is 1. The molecule has 0 spiro atoms. The van der Waals surface area contributed by atoms with Gasteiger partial charge >= 0.3 is 0 Å². The number of anilines is 1. The number of hydrogen-bond donors (Lipinski definition) is 2. The van der Waals surface area contributed by atoms with E-state index in [-0.39, 0.29) is 11.8 Å². The highest BCUT2D eigenvalue weighted by Gasteiger charge is 2.32. The summed E-state index contributed by atoms with van der Waals surface area (Å²) in [7, 11) is 1.89. The Morgan fingerprint density at radius 2 is 1.95 bits per heavy atom. The van der Waals surface area contributed by atoms with Crippen LogP contribution in [-0.4, -0.2) is 23.4 Å². The van der Waals surface area contributed by atoms with E-state index in [4.69, 9.17) is 0 Å². The molecule has 0 aromatic heterocycles. The molecule has 1 aliphatic heterocycles. The monoisotopic (exact) mass is 273 g/mol. The minimum atomic E-state index is -0.665. The van der Waals surface area contributed by atoms with Crippen molar-refractivity contribution in [3.63, 3.8) is 0 Å². The molecule has 3 nitrogen and oxygen atoms in total. The van der Waals surface area contributed by atoms with E-state index in [1.54, 1.807) is 6.07 Å². The van der Waals surface area contributed by atoms with E-state index < -0.39 is 11.9 Å². The number of likely N-dealkylation sites (N-methyl/N-ethyl adjacent to an activating group) is 1. The van der Waals surface area contributed by atoms with Crippen molar-refractivity contribution in [3.05, 3.63) is 59.4 Å². The second-order valence-corrected chi connectivity index (χ2v) is 5.17. The number of para-hydroxylation sites is 1. The fourth-order valence-corrected chi connectivity index (χ4v) is 2.93. The van der Waals surface area contributed by atoms with Gasteiger partial charge in [-0.05, 0) is 29.3 Å². The fourth-order valence-electron chi connectivity index (χ4n) is 2.93. The van der Waals surface area contributed by atoms with E-state index in [0.717, 1.165) is 11.3 Å². The topological polar surface area (TPSA) is 43.7 Å². The molecule has 0 saturated heterocycles. The molecule has 2 N–H and O–H groups in total. The number of rotatable bonds is 1. The standard InChI is InChI=1S/C16H16FNO2/c1-18-13-5-3-2-4-10(13)9-15(20)16(18)11-6-7-14(19)12(17)8-11/h2-8,15-16,19-20H,9H2,1H3. The van der Waals surface area contributed by atoms with Gasteiger partial charge in [0.15, 0.2) is 11.6 Å². The molecule has 2 atom stereocenters. The number of nitrogens with zero attached hydrogens (tertiary/aromatic N) is 1. The van der Waals surface area contributed by atoms with Crippen molar-refractivity contribution in [2.24, 2.45) is 0 Å². The molecule has 1 heterocycles. The zero-order chi connectivity index (χ0) is 14.3. The normalized spacial score (nSPS) is 21.6. The van der Waals surface area contributed by atoms with Gasteiger partial charge in [0.05, 0.1) is 12.1 Å². The lowest BCUT2D eigenvalue weighted by Crippen LogP contribution is -2.39. The number of aliphatic hydroxyl groups excluding tert-OH is 1. The first kappa shape index (κ1) is 12.9. The highest BCUT2D eigenvalue weighted by Crippen LogP contribution is 2.38. The highest BCUT2D eigenvalue weighted by atomic mass is 19.1. The van der Waals surface area contributed by atoms with Gasteiger partial charge in [0.25, 0.3) is 0 Å². The number of benzene rings is 2. The van der Waals surface area contributed by atoms with Gasteiger partial charge in [-0.1, -0.05) is 24.3 Å². The van der Waals surface area contributed by atoms with Crippen molar-refractivity contribution in [2.45, 2.75) is 18.6 Å². The lowest BCUT2D eigenvalue weighted by Gasteiger charge is -2.39. The third-order valence-electron chi connectivity index (χ3n) is 3.90. The maximum atomic E-state index is 13.5. The van der Waals surface area contributed by atoms with Crippen molar-refractivity contribution < 1.29 is 14.6 Å². The summed E-state index contributed by atoms with van der Waals surface area (Å²) in [5.41, 5.74) is 2.78. The Bertz CT molecular complexity index is 644. The molecule has 2 unspecified atom stereocenters. The van der Waals surface area contributed by atoms with E-state index in [2.05, 4.69) is 0 Å². The van der Waals surface area contributed by atoms with Crippen LogP contribution >= 0.6 is 0 Å². The second kappa shape index (κ2) is 4.80. The Morgan fingerprint density at radius 3 is 2.70 bits per heavy atom. The molecule has 0 saturated carbocycles. The minimum Gasteiger partial charge on any atom is -0.505 e. The first-order chi connectivity index (χ1) is 9.58. The van der Waals surface area contributed by atoms with Crippen molar-refractivity contribution in [1.29, 1.82) is 0 Å². The first-order valence-corrected chi connectivity index (χ1v) is 6.55. The molecule has 0 fully saturated rings. The smallest absolute Gasteiger partial charge is 0.165 e. The van der Waals surface area contributed by atoms with Crippen molar-refractivity contribution in [1.82, 2.24) is 0 Å². The van der Waals surface area contributed by atoms with E-state index in [0.29, 0.717) is 12.0 Å². The van der Waals surface area contributed by atoms with Gasteiger partial charge in [-0.25, -0.2) is 4.39 Å². The molecule has 3 rings (SSSR count). The summed E-state index contributed by atoms with van der Waals surface area (Å²) >= 11 is 0. The fraction of sp³-hybridized carbons (Fsp3) is 0.250. The van der Waals surface area contributed by atoms with Crippen LogP contribution in [0, 0.1) is 5.82 Å². The van der Waals surface area contributed by atoms with Gasteiger partial charge < -0.3 is 15.1 Å². The molecule has 2 aromatic carbocycles. The van der Waals surface area contributed by atoms with Crippen molar-refractivity contribution in [2.75, 3.05) is 11.9 Å². The van der Waals surface area contributed by atoms with Crippen LogP contribution in [0.2, 0.25) is 0 Å². The van der Waals surface area contributed by atoms with Gasteiger partial charge in [0.2, 0.25) is 0 Å². The number of hydrogen-bond acceptors (Lipinski definition) is 3. The number of aromatic hydroxyl groups is 1. The SMILES string of the molecule is CN1c2ccccc2CC(O)C1c1ccc(O)c(F)c1. The lowest BCUT2D eigenvalue weighted by molar-refractivity contribution is 0.136. The molecule has 0 amide bonds. The Kier molecular flexibility index (Phi) is 3.10. The lowest BCUT2D eigenvalue weighted by atomic mass is 9.89. The van der Waals surface area contributed by atoms with Crippen LogP contribution in [0.5, 0.6) is 5.75 Å². The number of fused-ring (bicyclic) bond motifs is 1. The zero-order valence-electron chi connectivity index (χ0n) is 11.1. The number of aliphatic hydroxyl groups is 1. The molecular formula is C16H16FNO2. The van der Waals surface area contributed by atoms with Crippen LogP contribution in [0.1, 0.15) is 17.2 Å². The van der Waals surface area contributed by atoms with Gasteiger partial charge in [-0.2, -0.15) is 0 Å². The molecule has 2 aromatic rings. The van der Waals surface area contributed by atoms with Crippen LogP contribution < -0.4 is 4.90 Å². The van der Waals surface area contributed by atoms with Crippen LogP contribution in [-0.2, 0) is 6.42 Å². The van der Waals surface area contributed by atoms with Crippen molar-refractivity contribution in [3.8, 4) is 5.75 Å². The van der Waals surface area contributed by atoms with Gasteiger partial charge in [0, 0.05) is 19.2 Å². The third-order valence-corrected chi connectivity index (χ3v) is 3.90. The van der Waals surface area contributed by atoms with Crippen LogP contribution in [0.4, 0.5) is 10.1 Å². The summed E-state index contributed by atoms with van der Waals surface area (Å²) in [4.78, 5) is 1.95.